The third-order valence-electron chi connectivity index (χ3n) is 5.60. The summed E-state index contributed by atoms with van der Waals surface area (Å²) in [5.74, 6) is 1.70. The minimum atomic E-state index is -0.732. The lowest BCUT2D eigenvalue weighted by Gasteiger charge is -2.14. The molecule has 0 aliphatic rings. The van der Waals surface area contributed by atoms with E-state index in [-0.39, 0.29) is 19.0 Å². The Labute approximate surface area is 201 Å². The van der Waals surface area contributed by atoms with E-state index >= 15 is 0 Å². The quantitative estimate of drug-likeness (QED) is 0.323. The molecule has 4 aromatic carbocycles. The number of phenols is 1. The zero-order valence-corrected chi connectivity index (χ0v) is 19.4. The van der Waals surface area contributed by atoms with E-state index in [9.17, 15) is 10.2 Å². The molecule has 1 atom stereocenters. The third kappa shape index (κ3) is 7.12. The van der Waals surface area contributed by atoms with Gasteiger partial charge in [0.2, 0.25) is 0 Å². The second-order valence-corrected chi connectivity index (χ2v) is 8.57. The van der Waals surface area contributed by atoms with Gasteiger partial charge in [-0.2, -0.15) is 0 Å². The minimum absolute atomic E-state index is 0.156. The number of aliphatic hydroxyl groups is 1. The number of ether oxygens (including phenoxy) is 2. The topological polar surface area (TPSA) is 58.9 Å². The van der Waals surface area contributed by atoms with Crippen LogP contribution >= 0.6 is 0 Å². The van der Waals surface area contributed by atoms with Crippen LogP contribution in [0.3, 0.4) is 0 Å². The first-order valence-electron chi connectivity index (χ1n) is 11.5. The molecule has 0 amide bonds. The second kappa shape index (κ2) is 11.4. The summed E-state index contributed by atoms with van der Waals surface area (Å²) < 4.78 is 11.4. The van der Waals surface area contributed by atoms with Crippen molar-refractivity contribution in [3.05, 3.63) is 125 Å². The van der Waals surface area contributed by atoms with E-state index in [1.165, 1.54) is 16.7 Å². The predicted molar refractivity (Wildman–Crippen MR) is 135 cm³/mol. The lowest BCUT2D eigenvalue weighted by molar-refractivity contribution is 0.0626. The van der Waals surface area contributed by atoms with Gasteiger partial charge in [-0.25, -0.2) is 0 Å². The van der Waals surface area contributed by atoms with Gasteiger partial charge in [0.1, 0.15) is 36.6 Å². The van der Waals surface area contributed by atoms with Crippen LogP contribution in [0.2, 0.25) is 0 Å². The highest BCUT2D eigenvalue weighted by Crippen LogP contribution is 2.18. The third-order valence-corrected chi connectivity index (χ3v) is 5.60. The van der Waals surface area contributed by atoms with Crippen LogP contribution in [0.15, 0.2) is 97.1 Å². The fraction of sp³-hybridized carbons (Fsp3) is 0.200. The molecule has 0 aliphatic carbocycles. The van der Waals surface area contributed by atoms with Crippen LogP contribution in [-0.4, -0.2) is 29.5 Å². The van der Waals surface area contributed by atoms with Gasteiger partial charge in [0.25, 0.3) is 0 Å². The molecule has 0 saturated heterocycles. The Morgan fingerprint density at radius 1 is 0.559 bits per heavy atom. The van der Waals surface area contributed by atoms with Gasteiger partial charge in [-0.15, -0.1) is 0 Å². The van der Waals surface area contributed by atoms with Crippen molar-refractivity contribution >= 4 is 0 Å². The number of aliphatic hydroxyl groups excluding tert-OH is 1. The molecule has 0 heterocycles. The molecule has 4 rings (SSSR count). The Morgan fingerprint density at radius 2 is 0.912 bits per heavy atom. The van der Waals surface area contributed by atoms with Crippen LogP contribution < -0.4 is 9.47 Å². The van der Waals surface area contributed by atoms with Crippen LogP contribution in [0, 0.1) is 6.92 Å². The minimum Gasteiger partial charge on any atom is -0.508 e. The van der Waals surface area contributed by atoms with Crippen molar-refractivity contribution in [2.24, 2.45) is 0 Å². The smallest absolute Gasteiger partial charge is 0.122 e. The van der Waals surface area contributed by atoms with Crippen LogP contribution in [0.1, 0.15) is 27.8 Å². The molecular weight excluding hydrogens is 424 g/mol. The van der Waals surface area contributed by atoms with E-state index < -0.39 is 6.10 Å². The maximum atomic E-state index is 10.2. The Hall–Kier alpha value is -3.76. The Balaban J connectivity index is 1.19. The van der Waals surface area contributed by atoms with Crippen LogP contribution in [0.4, 0.5) is 0 Å². The molecule has 0 bridgehead atoms. The van der Waals surface area contributed by atoms with Gasteiger partial charge in [-0.1, -0.05) is 66.2 Å². The molecule has 34 heavy (non-hydrogen) atoms. The summed E-state index contributed by atoms with van der Waals surface area (Å²) in [6, 6.07) is 31.5. The van der Waals surface area contributed by atoms with Gasteiger partial charge < -0.3 is 19.7 Å². The number of hydrogen-bond donors (Lipinski definition) is 2. The zero-order chi connectivity index (χ0) is 23.8. The summed E-state index contributed by atoms with van der Waals surface area (Å²) >= 11 is 0. The molecule has 4 nitrogen and oxygen atoms in total. The number of hydrogen-bond acceptors (Lipinski definition) is 4. The number of phenolic OH excluding ortho intramolecular Hbond substituents is 1. The van der Waals surface area contributed by atoms with E-state index in [2.05, 4.69) is 43.3 Å². The number of aromatic hydroxyl groups is 1. The monoisotopic (exact) mass is 454 g/mol. The summed E-state index contributed by atoms with van der Waals surface area (Å²) in [5.41, 5.74) is 6.03. The van der Waals surface area contributed by atoms with E-state index in [1.54, 1.807) is 12.1 Å². The standard InChI is InChI=1S/C30H30O4/c1-22-2-4-23(5-3-22)18-25-8-14-29(15-9-25)33-20-28(32)21-34-30-16-10-26(11-17-30)19-24-6-12-27(31)13-7-24/h2-17,28,31-32H,18-21H2,1H3. The first-order chi connectivity index (χ1) is 16.5. The maximum Gasteiger partial charge on any atom is 0.122 e. The summed E-state index contributed by atoms with van der Waals surface area (Å²) in [5, 5.41) is 19.6. The molecule has 4 heteroatoms. The first kappa shape index (κ1) is 23.4. The highest BCUT2D eigenvalue weighted by molar-refractivity contribution is 5.34. The molecule has 0 aromatic heterocycles. The Kier molecular flexibility index (Phi) is 7.84. The maximum absolute atomic E-state index is 10.2. The summed E-state index contributed by atoms with van der Waals surface area (Å²) in [4.78, 5) is 0. The van der Waals surface area contributed by atoms with Gasteiger partial charge in [0.15, 0.2) is 0 Å². The number of aryl methyl sites for hydroxylation is 1. The predicted octanol–water partition coefficient (Wildman–Crippen LogP) is 5.70. The Bertz CT molecular complexity index is 1050. The van der Waals surface area contributed by atoms with Gasteiger partial charge >= 0.3 is 0 Å². The molecule has 0 spiro atoms. The second-order valence-electron chi connectivity index (χ2n) is 8.57. The average Bonchev–Trinajstić information content (AvgIpc) is 2.86. The fourth-order valence-electron chi connectivity index (χ4n) is 3.63. The van der Waals surface area contributed by atoms with E-state index in [0.29, 0.717) is 5.75 Å². The number of benzene rings is 4. The molecule has 174 valence electrons. The van der Waals surface area contributed by atoms with Crippen molar-refractivity contribution in [1.82, 2.24) is 0 Å². The van der Waals surface area contributed by atoms with Crippen molar-refractivity contribution in [1.29, 1.82) is 0 Å². The van der Waals surface area contributed by atoms with Gasteiger partial charge in [-0.05, 0) is 78.4 Å². The molecule has 4 aromatic rings. The highest BCUT2D eigenvalue weighted by atomic mass is 16.5. The molecular formula is C30H30O4. The van der Waals surface area contributed by atoms with Crippen molar-refractivity contribution in [2.75, 3.05) is 13.2 Å². The summed E-state index contributed by atoms with van der Waals surface area (Å²) in [6.07, 6.45) is 0.926. The van der Waals surface area contributed by atoms with Crippen molar-refractivity contribution in [2.45, 2.75) is 25.9 Å². The molecule has 0 fully saturated rings. The highest BCUT2D eigenvalue weighted by Gasteiger charge is 2.08. The normalized spacial score (nSPS) is 11.7. The van der Waals surface area contributed by atoms with Gasteiger partial charge in [0.05, 0.1) is 0 Å². The van der Waals surface area contributed by atoms with E-state index in [1.807, 2.05) is 48.5 Å². The van der Waals surface area contributed by atoms with E-state index in [0.717, 1.165) is 29.7 Å². The van der Waals surface area contributed by atoms with E-state index in [4.69, 9.17) is 9.47 Å². The fourth-order valence-corrected chi connectivity index (χ4v) is 3.63. The van der Waals surface area contributed by atoms with Crippen molar-refractivity contribution in [3.63, 3.8) is 0 Å². The lowest BCUT2D eigenvalue weighted by atomic mass is 10.0. The molecule has 0 aliphatic heterocycles. The van der Waals surface area contributed by atoms with Gasteiger partial charge in [-0.3, -0.25) is 0 Å². The molecule has 0 radical (unpaired) electrons. The zero-order valence-electron chi connectivity index (χ0n) is 19.4. The molecule has 0 saturated carbocycles. The SMILES string of the molecule is Cc1ccc(Cc2ccc(OCC(O)COc3ccc(Cc4ccc(O)cc4)cc3)cc2)cc1. The average molecular weight is 455 g/mol. The first-order valence-corrected chi connectivity index (χ1v) is 11.5. The van der Waals surface area contributed by atoms with Gasteiger partial charge in [0, 0.05) is 0 Å². The summed E-state index contributed by atoms with van der Waals surface area (Å²) in [6.45, 7) is 2.41. The van der Waals surface area contributed by atoms with Crippen LogP contribution in [0.5, 0.6) is 17.2 Å². The summed E-state index contributed by atoms with van der Waals surface area (Å²) in [7, 11) is 0. The van der Waals surface area contributed by atoms with Crippen molar-refractivity contribution in [3.8, 4) is 17.2 Å². The Morgan fingerprint density at radius 3 is 1.32 bits per heavy atom. The molecule has 2 N–H and O–H groups in total. The lowest BCUT2D eigenvalue weighted by Crippen LogP contribution is -2.25. The van der Waals surface area contributed by atoms with Crippen LogP contribution in [0.25, 0.3) is 0 Å². The molecule has 1 unspecified atom stereocenters. The van der Waals surface area contributed by atoms with Crippen molar-refractivity contribution < 1.29 is 19.7 Å². The van der Waals surface area contributed by atoms with Crippen LogP contribution in [-0.2, 0) is 12.8 Å². The number of rotatable bonds is 10. The largest absolute Gasteiger partial charge is 0.508 e.